The van der Waals surface area contributed by atoms with Crippen molar-refractivity contribution in [1.82, 2.24) is 10.3 Å². The average Bonchev–Trinajstić information content (AvgIpc) is 2.21. The van der Waals surface area contributed by atoms with Crippen molar-refractivity contribution < 1.29 is 0 Å². The summed E-state index contributed by atoms with van der Waals surface area (Å²) in [6.07, 6.45) is 5.73. The fourth-order valence-electron chi connectivity index (χ4n) is 1.38. The second kappa shape index (κ2) is 6.40. The van der Waals surface area contributed by atoms with Crippen molar-refractivity contribution in [2.24, 2.45) is 0 Å². The second-order valence-electron chi connectivity index (χ2n) is 3.23. The molecule has 1 N–H and O–H groups in total. The van der Waals surface area contributed by atoms with Crippen molar-refractivity contribution in [3.05, 3.63) is 39.6 Å². The molecule has 0 radical (unpaired) electrons. The van der Waals surface area contributed by atoms with Gasteiger partial charge in [0.15, 0.2) is 0 Å². The predicted octanol–water partition coefficient (Wildman–Crippen LogP) is 3.83. The summed E-state index contributed by atoms with van der Waals surface area (Å²) in [6.45, 7) is 3.73. The van der Waals surface area contributed by atoms with Crippen LogP contribution in [-0.4, -0.2) is 12.0 Å². The van der Waals surface area contributed by atoms with Crippen molar-refractivity contribution in [3.8, 4) is 0 Å². The molecule has 1 unspecified atom stereocenters. The lowest BCUT2D eigenvalue weighted by atomic mass is 10.1. The number of halogens is 2. The average molecular weight is 334 g/mol. The highest BCUT2D eigenvalue weighted by Gasteiger charge is 2.13. The molecule has 0 bridgehead atoms. The van der Waals surface area contributed by atoms with Gasteiger partial charge in [-0.15, -0.1) is 6.58 Å². The van der Waals surface area contributed by atoms with Crippen LogP contribution in [0, 0.1) is 0 Å². The van der Waals surface area contributed by atoms with Crippen molar-refractivity contribution in [1.29, 1.82) is 0 Å². The van der Waals surface area contributed by atoms with Crippen LogP contribution in [0.5, 0.6) is 0 Å². The number of pyridine rings is 1. The molecule has 0 amide bonds. The van der Waals surface area contributed by atoms with Crippen LogP contribution >= 0.6 is 31.9 Å². The van der Waals surface area contributed by atoms with E-state index in [9.17, 15) is 0 Å². The van der Waals surface area contributed by atoms with Crippen molar-refractivity contribution in [2.45, 2.75) is 18.9 Å². The molecule has 1 aromatic rings. The molecule has 0 aromatic carbocycles. The zero-order valence-corrected chi connectivity index (χ0v) is 11.8. The highest BCUT2D eigenvalue weighted by Crippen LogP contribution is 2.26. The summed E-state index contributed by atoms with van der Waals surface area (Å²) in [6, 6.07) is 2.28. The van der Waals surface area contributed by atoms with Crippen LogP contribution in [0.3, 0.4) is 0 Å². The Kier molecular flexibility index (Phi) is 5.50. The van der Waals surface area contributed by atoms with Crippen molar-refractivity contribution >= 4 is 31.9 Å². The topological polar surface area (TPSA) is 24.9 Å². The quantitative estimate of drug-likeness (QED) is 0.828. The van der Waals surface area contributed by atoms with Crippen LogP contribution in [-0.2, 0) is 0 Å². The third-order valence-corrected chi connectivity index (χ3v) is 3.24. The highest BCUT2D eigenvalue weighted by molar-refractivity contribution is 9.11. The third kappa shape index (κ3) is 3.70. The van der Waals surface area contributed by atoms with E-state index in [0.717, 1.165) is 27.5 Å². The summed E-state index contributed by atoms with van der Waals surface area (Å²) in [7, 11) is 1.95. The molecule has 0 aliphatic rings. The molecular weight excluding hydrogens is 320 g/mol. The minimum Gasteiger partial charge on any atom is -0.312 e. The molecule has 82 valence electrons. The Labute approximate surface area is 107 Å². The first kappa shape index (κ1) is 12.9. The summed E-state index contributed by atoms with van der Waals surface area (Å²) in [5.74, 6) is 0. The van der Waals surface area contributed by atoms with Crippen LogP contribution in [0.15, 0.2) is 33.9 Å². The Morgan fingerprint density at radius 1 is 1.60 bits per heavy atom. The number of rotatable bonds is 5. The van der Waals surface area contributed by atoms with Gasteiger partial charge in [0.2, 0.25) is 0 Å². The molecule has 0 fully saturated rings. The van der Waals surface area contributed by atoms with Crippen molar-refractivity contribution in [3.63, 3.8) is 0 Å². The summed E-state index contributed by atoms with van der Waals surface area (Å²) >= 11 is 6.91. The zero-order valence-electron chi connectivity index (χ0n) is 8.63. The molecule has 15 heavy (non-hydrogen) atoms. The molecule has 0 spiro atoms. The van der Waals surface area contributed by atoms with Gasteiger partial charge in [0.25, 0.3) is 0 Å². The molecule has 4 heteroatoms. The molecule has 1 heterocycles. The highest BCUT2D eigenvalue weighted by atomic mass is 79.9. The van der Waals surface area contributed by atoms with Crippen LogP contribution in [0.25, 0.3) is 0 Å². The Hall–Kier alpha value is -0.190. The standard InChI is InChI=1S/C11H14Br2N2/c1-3-4-5-10(14-2)11-9(13)6-8(12)7-15-11/h3,6-7,10,14H,1,4-5H2,2H3. The Bertz CT molecular complexity index is 339. The van der Waals surface area contributed by atoms with Gasteiger partial charge in [-0.2, -0.15) is 0 Å². The van der Waals surface area contributed by atoms with E-state index in [4.69, 9.17) is 0 Å². The maximum atomic E-state index is 4.41. The first-order valence-corrected chi connectivity index (χ1v) is 6.36. The maximum Gasteiger partial charge on any atom is 0.0715 e. The monoisotopic (exact) mass is 332 g/mol. The SMILES string of the molecule is C=CCCC(NC)c1ncc(Br)cc1Br. The fraction of sp³-hybridized carbons (Fsp3) is 0.364. The lowest BCUT2D eigenvalue weighted by Gasteiger charge is -2.16. The summed E-state index contributed by atoms with van der Waals surface area (Å²) < 4.78 is 2.01. The molecule has 0 aliphatic carbocycles. The van der Waals surface area contributed by atoms with Crippen LogP contribution in [0.4, 0.5) is 0 Å². The largest absolute Gasteiger partial charge is 0.312 e. The van der Waals surface area contributed by atoms with Crippen molar-refractivity contribution in [2.75, 3.05) is 7.05 Å². The number of nitrogens with one attached hydrogen (secondary N) is 1. The van der Waals surface area contributed by atoms with Gasteiger partial charge in [-0.1, -0.05) is 6.08 Å². The van der Waals surface area contributed by atoms with E-state index < -0.39 is 0 Å². The predicted molar refractivity (Wildman–Crippen MR) is 70.9 cm³/mol. The van der Waals surface area contributed by atoms with Gasteiger partial charge in [-0.3, -0.25) is 4.98 Å². The Morgan fingerprint density at radius 2 is 2.33 bits per heavy atom. The molecular formula is C11H14Br2N2. The van der Waals surface area contributed by atoms with Crippen LogP contribution < -0.4 is 5.32 Å². The smallest absolute Gasteiger partial charge is 0.0715 e. The number of hydrogen-bond acceptors (Lipinski definition) is 2. The van der Waals surface area contributed by atoms with E-state index in [-0.39, 0.29) is 6.04 Å². The van der Waals surface area contributed by atoms with E-state index in [1.165, 1.54) is 0 Å². The van der Waals surface area contributed by atoms with Gasteiger partial charge >= 0.3 is 0 Å². The van der Waals surface area contributed by atoms with Gasteiger partial charge in [-0.05, 0) is 57.8 Å². The number of hydrogen-bond donors (Lipinski definition) is 1. The Morgan fingerprint density at radius 3 is 2.87 bits per heavy atom. The minimum absolute atomic E-state index is 0.269. The zero-order chi connectivity index (χ0) is 11.3. The van der Waals surface area contributed by atoms with E-state index in [0.29, 0.717) is 0 Å². The molecule has 1 aromatic heterocycles. The van der Waals surface area contributed by atoms with Gasteiger partial charge in [-0.25, -0.2) is 0 Å². The fourth-order valence-corrected chi connectivity index (χ4v) is 2.65. The molecule has 1 atom stereocenters. The lowest BCUT2D eigenvalue weighted by molar-refractivity contribution is 0.538. The summed E-state index contributed by atoms with van der Waals surface area (Å²) in [5, 5.41) is 3.26. The maximum absolute atomic E-state index is 4.41. The number of allylic oxidation sites excluding steroid dienone is 1. The molecule has 1 rings (SSSR count). The van der Waals surface area contributed by atoms with Gasteiger partial charge in [0, 0.05) is 15.1 Å². The van der Waals surface area contributed by atoms with E-state index in [1.54, 1.807) is 0 Å². The molecule has 0 saturated heterocycles. The molecule has 2 nitrogen and oxygen atoms in total. The number of aromatic nitrogens is 1. The van der Waals surface area contributed by atoms with Crippen LogP contribution in [0.2, 0.25) is 0 Å². The lowest BCUT2D eigenvalue weighted by Crippen LogP contribution is -2.17. The van der Waals surface area contributed by atoms with E-state index in [2.05, 4.69) is 48.7 Å². The van der Waals surface area contributed by atoms with Gasteiger partial charge < -0.3 is 5.32 Å². The Balaban J connectivity index is 2.86. The summed E-state index contributed by atoms with van der Waals surface area (Å²) in [4.78, 5) is 4.41. The second-order valence-corrected chi connectivity index (χ2v) is 5.00. The van der Waals surface area contributed by atoms with E-state index >= 15 is 0 Å². The first-order chi connectivity index (χ1) is 7.19. The van der Waals surface area contributed by atoms with Crippen LogP contribution in [0.1, 0.15) is 24.6 Å². The van der Waals surface area contributed by atoms with Gasteiger partial charge in [0.05, 0.1) is 11.7 Å². The number of nitrogens with zero attached hydrogens (tertiary/aromatic N) is 1. The van der Waals surface area contributed by atoms with E-state index in [1.807, 2.05) is 25.4 Å². The van der Waals surface area contributed by atoms with Gasteiger partial charge in [0.1, 0.15) is 0 Å². The molecule has 0 saturated carbocycles. The third-order valence-electron chi connectivity index (χ3n) is 2.17. The minimum atomic E-state index is 0.269. The summed E-state index contributed by atoms with van der Waals surface area (Å²) in [5.41, 5.74) is 1.04. The first-order valence-electron chi connectivity index (χ1n) is 4.78. The molecule has 0 aliphatic heterocycles. The normalized spacial score (nSPS) is 12.5.